The molecule has 4 saturated carbocycles. The SMILES string of the molecule is NC1C2CC3CC1CC(c1ccccc1)(C3)C2. The van der Waals surface area contributed by atoms with Gasteiger partial charge in [-0.3, -0.25) is 0 Å². The zero-order valence-electron chi connectivity index (χ0n) is 10.3. The van der Waals surface area contributed by atoms with Crippen LogP contribution in [0.5, 0.6) is 0 Å². The first-order valence-corrected chi connectivity index (χ1v) is 7.08. The summed E-state index contributed by atoms with van der Waals surface area (Å²) in [5.74, 6) is 2.58. The van der Waals surface area contributed by atoms with Gasteiger partial charge in [-0.2, -0.15) is 0 Å². The van der Waals surface area contributed by atoms with Crippen molar-refractivity contribution in [2.24, 2.45) is 23.5 Å². The van der Waals surface area contributed by atoms with Crippen LogP contribution in [0.25, 0.3) is 0 Å². The van der Waals surface area contributed by atoms with Crippen LogP contribution < -0.4 is 5.73 Å². The molecule has 17 heavy (non-hydrogen) atoms. The van der Waals surface area contributed by atoms with Gasteiger partial charge in [-0.05, 0) is 60.8 Å². The lowest BCUT2D eigenvalue weighted by molar-refractivity contribution is -0.0226. The number of nitrogens with two attached hydrogens (primary N) is 1. The summed E-state index contributed by atoms with van der Waals surface area (Å²) in [4.78, 5) is 0. The van der Waals surface area contributed by atoms with Crippen molar-refractivity contribution in [1.29, 1.82) is 0 Å². The van der Waals surface area contributed by atoms with E-state index in [-0.39, 0.29) is 0 Å². The quantitative estimate of drug-likeness (QED) is 0.784. The molecule has 0 spiro atoms. The second-order valence-corrected chi connectivity index (χ2v) is 6.69. The van der Waals surface area contributed by atoms with Crippen LogP contribution in [0.4, 0.5) is 0 Å². The highest BCUT2D eigenvalue weighted by Crippen LogP contribution is 2.60. The molecular weight excluding hydrogens is 206 g/mol. The molecule has 2 unspecified atom stereocenters. The van der Waals surface area contributed by atoms with Crippen LogP contribution in [0.1, 0.15) is 37.7 Å². The van der Waals surface area contributed by atoms with E-state index in [0.29, 0.717) is 11.5 Å². The van der Waals surface area contributed by atoms with E-state index in [4.69, 9.17) is 5.73 Å². The number of benzene rings is 1. The molecule has 2 atom stereocenters. The molecule has 4 fully saturated rings. The zero-order valence-corrected chi connectivity index (χ0v) is 10.3. The van der Waals surface area contributed by atoms with Gasteiger partial charge in [-0.25, -0.2) is 0 Å². The molecule has 90 valence electrons. The highest BCUT2D eigenvalue weighted by Gasteiger charge is 2.54. The molecule has 1 heteroatoms. The lowest BCUT2D eigenvalue weighted by Gasteiger charge is -2.59. The summed E-state index contributed by atoms with van der Waals surface area (Å²) in [6.07, 6.45) is 6.95. The molecular formula is C16H21N. The van der Waals surface area contributed by atoms with Gasteiger partial charge in [0.2, 0.25) is 0 Å². The van der Waals surface area contributed by atoms with E-state index in [1.165, 1.54) is 32.1 Å². The molecule has 0 heterocycles. The predicted molar refractivity (Wildman–Crippen MR) is 69.7 cm³/mol. The third-order valence-electron chi connectivity index (χ3n) is 5.73. The Morgan fingerprint density at radius 3 is 2.24 bits per heavy atom. The van der Waals surface area contributed by atoms with Gasteiger partial charge in [0.05, 0.1) is 0 Å². The molecule has 0 saturated heterocycles. The molecule has 0 aromatic heterocycles. The van der Waals surface area contributed by atoms with Crippen LogP contribution in [0.2, 0.25) is 0 Å². The van der Waals surface area contributed by atoms with Crippen molar-refractivity contribution in [1.82, 2.24) is 0 Å². The number of hydrogen-bond acceptors (Lipinski definition) is 1. The Balaban J connectivity index is 1.76. The van der Waals surface area contributed by atoms with E-state index in [9.17, 15) is 0 Å². The largest absolute Gasteiger partial charge is 0.327 e. The van der Waals surface area contributed by atoms with Gasteiger partial charge >= 0.3 is 0 Å². The molecule has 1 nitrogen and oxygen atoms in total. The lowest BCUT2D eigenvalue weighted by atomic mass is 9.46. The fourth-order valence-corrected chi connectivity index (χ4v) is 5.21. The van der Waals surface area contributed by atoms with Gasteiger partial charge in [0.1, 0.15) is 0 Å². The van der Waals surface area contributed by atoms with Gasteiger partial charge < -0.3 is 5.73 Å². The van der Waals surface area contributed by atoms with Crippen LogP contribution in [0.15, 0.2) is 30.3 Å². The molecule has 4 aliphatic carbocycles. The molecule has 0 aliphatic heterocycles. The maximum Gasteiger partial charge on any atom is 0.00964 e. The molecule has 1 aromatic rings. The molecule has 4 bridgehead atoms. The molecule has 1 aromatic carbocycles. The Kier molecular flexibility index (Phi) is 2.00. The van der Waals surface area contributed by atoms with Gasteiger partial charge in [0.25, 0.3) is 0 Å². The first-order chi connectivity index (χ1) is 8.27. The standard InChI is InChI=1S/C16H21N/c17-15-12-6-11-7-13(15)10-16(8-11,9-12)14-4-2-1-3-5-14/h1-5,11-13,15H,6-10,17H2. The first kappa shape index (κ1) is 10.1. The molecule has 5 rings (SSSR count). The van der Waals surface area contributed by atoms with E-state index in [2.05, 4.69) is 30.3 Å². The van der Waals surface area contributed by atoms with Crippen molar-refractivity contribution in [2.45, 2.75) is 43.6 Å². The lowest BCUT2D eigenvalue weighted by Crippen LogP contribution is -2.58. The minimum atomic E-state index is 0.494. The fraction of sp³-hybridized carbons (Fsp3) is 0.625. The van der Waals surface area contributed by atoms with Crippen LogP contribution in [-0.2, 0) is 5.41 Å². The number of rotatable bonds is 1. The third kappa shape index (κ3) is 1.35. The van der Waals surface area contributed by atoms with Gasteiger partial charge in [-0.15, -0.1) is 0 Å². The van der Waals surface area contributed by atoms with E-state index in [0.717, 1.165) is 17.8 Å². The molecule has 0 amide bonds. The monoisotopic (exact) mass is 227 g/mol. The van der Waals surface area contributed by atoms with Gasteiger partial charge in [0, 0.05) is 6.04 Å². The van der Waals surface area contributed by atoms with Crippen molar-refractivity contribution in [3.8, 4) is 0 Å². The Bertz CT molecular complexity index is 408. The van der Waals surface area contributed by atoms with E-state index in [1.807, 2.05) is 0 Å². The second-order valence-electron chi connectivity index (χ2n) is 6.69. The van der Waals surface area contributed by atoms with E-state index >= 15 is 0 Å². The second kappa shape index (κ2) is 3.35. The highest BCUT2D eigenvalue weighted by atomic mass is 14.7. The van der Waals surface area contributed by atoms with Gasteiger partial charge in [-0.1, -0.05) is 30.3 Å². The topological polar surface area (TPSA) is 26.0 Å². The Morgan fingerprint density at radius 1 is 0.941 bits per heavy atom. The summed E-state index contributed by atoms with van der Waals surface area (Å²) in [6, 6.07) is 11.7. The van der Waals surface area contributed by atoms with Gasteiger partial charge in [0.15, 0.2) is 0 Å². The molecule has 0 radical (unpaired) electrons. The van der Waals surface area contributed by atoms with Crippen LogP contribution >= 0.6 is 0 Å². The van der Waals surface area contributed by atoms with Crippen LogP contribution in [-0.4, -0.2) is 6.04 Å². The Hall–Kier alpha value is -0.820. The Morgan fingerprint density at radius 2 is 1.59 bits per heavy atom. The summed E-state index contributed by atoms with van der Waals surface area (Å²) in [5.41, 5.74) is 8.49. The zero-order chi connectivity index (χ0) is 11.5. The first-order valence-electron chi connectivity index (χ1n) is 7.08. The minimum Gasteiger partial charge on any atom is -0.327 e. The van der Waals surface area contributed by atoms with Crippen molar-refractivity contribution >= 4 is 0 Å². The highest BCUT2D eigenvalue weighted by molar-refractivity contribution is 5.30. The van der Waals surface area contributed by atoms with E-state index < -0.39 is 0 Å². The van der Waals surface area contributed by atoms with E-state index in [1.54, 1.807) is 5.56 Å². The minimum absolute atomic E-state index is 0.494. The third-order valence-corrected chi connectivity index (χ3v) is 5.73. The normalized spacial score (nSPS) is 47.4. The average Bonchev–Trinajstić information content (AvgIpc) is 2.36. The van der Waals surface area contributed by atoms with Crippen LogP contribution in [0.3, 0.4) is 0 Å². The van der Waals surface area contributed by atoms with Crippen molar-refractivity contribution in [3.05, 3.63) is 35.9 Å². The molecule has 4 aliphatic rings. The van der Waals surface area contributed by atoms with Crippen molar-refractivity contribution < 1.29 is 0 Å². The summed E-state index contributed by atoms with van der Waals surface area (Å²) >= 11 is 0. The summed E-state index contributed by atoms with van der Waals surface area (Å²) < 4.78 is 0. The van der Waals surface area contributed by atoms with Crippen LogP contribution in [0, 0.1) is 17.8 Å². The molecule has 2 N–H and O–H groups in total. The maximum absolute atomic E-state index is 6.40. The Labute approximate surface area is 103 Å². The number of hydrogen-bond donors (Lipinski definition) is 1. The predicted octanol–water partition coefficient (Wildman–Crippen LogP) is 3.09. The summed E-state index contributed by atoms with van der Waals surface area (Å²) in [6.45, 7) is 0. The van der Waals surface area contributed by atoms with Crippen molar-refractivity contribution in [3.63, 3.8) is 0 Å². The smallest absolute Gasteiger partial charge is 0.00964 e. The summed E-state index contributed by atoms with van der Waals surface area (Å²) in [5, 5.41) is 0. The summed E-state index contributed by atoms with van der Waals surface area (Å²) in [7, 11) is 0. The fourth-order valence-electron chi connectivity index (χ4n) is 5.21. The average molecular weight is 227 g/mol. The van der Waals surface area contributed by atoms with Crippen molar-refractivity contribution in [2.75, 3.05) is 0 Å². The maximum atomic E-state index is 6.40.